The summed E-state index contributed by atoms with van der Waals surface area (Å²) in [7, 11) is -3.57. The van der Waals surface area contributed by atoms with Crippen LogP contribution in [0.15, 0.2) is 60.0 Å². The molecule has 2 aromatic carbocycles. The van der Waals surface area contributed by atoms with Crippen LogP contribution >= 0.6 is 0 Å². The Hall–Kier alpha value is -2.07. The molecule has 0 heterocycles. The van der Waals surface area contributed by atoms with Crippen molar-refractivity contribution in [3.05, 3.63) is 71.8 Å². The number of nitrogens with one attached hydrogen (secondary N) is 1. The molecule has 110 valence electrons. The highest BCUT2D eigenvalue weighted by Gasteiger charge is 2.15. The van der Waals surface area contributed by atoms with Gasteiger partial charge >= 0.3 is 0 Å². The summed E-state index contributed by atoms with van der Waals surface area (Å²) in [5.74, 6) is 0. The highest BCUT2D eigenvalue weighted by Crippen LogP contribution is 2.22. The Morgan fingerprint density at radius 3 is 2.29 bits per heavy atom. The van der Waals surface area contributed by atoms with Crippen LogP contribution in [0.25, 0.3) is 0 Å². The van der Waals surface area contributed by atoms with Crippen molar-refractivity contribution < 1.29 is 8.42 Å². The van der Waals surface area contributed by atoms with Gasteiger partial charge < -0.3 is 0 Å². The van der Waals surface area contributed by atoms with Gasteiger partial charge in [0, 0.05) is 0 Å². The van der Waals surface area contributed by atoms with Gasteiger partial charge in [0.05, 0.1) is 10.6 Å². The van der Waals surface area contributed by atoms with Crippen molar-refractivity contribution in [1.82, 2.24) is 0 Å². The van der Waals surface area contributed by atoms with Gasteiger partial charge in [0.15, 0.2) is 0 Å². The third-order valence-electron chi connectivity index (χ3n) is 3.20. The summed E-state index contributed by atoms with van der Waals surface area (Å²) in [6, 6.07) is 12.4. The van der Waals surface area contributed by atoms with E-state index >= 15 is 0 Å². The van der Waals surface area contributed by atoms with Crippen molar-refractivity contribution >= 4 is 15.7 Å². The monoisotopic (exact) mass is 301 g/mol. The van der Waals surface area contributed by atoms with Crippen LogP contribution in [-0.4, -0.2) is 8.42 Å². The van der Waals surface area contributed by atoms with E-state index in [4.69, 9.17) is 0 Å². The van der Waals surface area contributed by atoms with Gasteiger partial charge in [-0.3, -0.25) is 4.72 Å². The number of sulfonamides is 1. The molecule has 21 heavy (non-hydrogen) atoms. The average molecular weight is 301 g/mol. The maximum atomic E-state index is 12.4. The fraction of sp³-hybridized carbons (Fsp3) is 0.176. The molecule has 3 nitrogen and oxygen atoms in total. The number of hydrogen-bond acceptors (Lipinski definition) is 2. The van der Waals surface area contributed by atoms with Crippen LogP contribution in [-0.2, 0) is 16.4 Å². The molecule has 1 N–H and O–H groups in total. The molecule has 0 unspecified atom stereocenters. The highest BCUT2D eigenvalue weighted by atomic mass is 32.2. The molecular formula is C17H19NO2S. The van der Waals surface area contributed by atoms with E-state index in [1.807, 2.05) is 26.0 Å². The number of allylic oxidation sites excluding steroid dienone is 1. The molecule has 2 aromatic rings. The zero-order valence-electron chi connectivity index (χ0n) is 12.3. The molecular weight excluding hydrogens is 282 g/mol. The Morgan fingerprint density at radius 1 is 1.05 bits per heavy atom. The summed E-state index contributed by atoms with van der Waals surface area (Å²) in [4.78, 5) is 0.262. The predicted octanol–water partition coefficient (Wildman–Crippen LogP) is 3.83. The van der Waals surface area contributed by atoms with Gasteiger partial charge in [-0.2, -0.15) is 0 Å². The van der Waals surface area contributed by atoms with Crippen molar-refractivity contribution in [2.45, 2.75) is 25.2 Å². The van der Waals surface area contributed by atoms with E-state index in [1.54, 1.807) is 36.4 Å². The smallest absolute Gasteiger partial charge is 0.261 e. The first-order valence-electron chi connectivity index (χ1n) is 6.72. The summed E-state index contributed by atoms with van der Waals surface area (Å²) in [6.45, 7) is 7.61. The lowest BCUT2D eigenvalue weighted by Crippen LogP contribution is -2.14. The number of rotatable bonds is 5. The van der Waals surface area contributed by atoms with Gasteiger partial charge in [0.25, 0.3) is 10.0 Å². The number of hydrogen-bond donors (Lipinski definition) is 1. The van der Waals surface area contributed by atoms with Gasteiger partial charge in [0.2, 0.25) is 0 Å². The van der Waals surface area contributed by atoms with Gasteiger partial charge in [-0.05, 0) is 44.0 Å². The predicted molar refractivity (Wildman–Crippen MR) is 87.1 cm³/mol. The second kappa shape index (κ2) is 6.14. The zero-order chi connectivity index (χ0) is 15.5. The lowest BCUT2D eigenvalue weighted by atomic mass is 10.1. The van der Waals surface area contributed by atoms with E-state index in [0.29, 0.717) is 12.1 Å². The minimum Gasteiger partial charge on any atom is -0.279 e. The van der Waals surface area contributed by atoms with Crippen LogP contribution < -0.4 is 4.72 Å². The molecule has 0 saturated carbocycles. The first-order valence-corrected chi connectivity index (χ1v) is 8.20. The number of benzene rings is 2. The molecule has 0 aliphatic carbocycles. The van der Waals surface area contributed by atoms with Gasteiger partial charge in [-0.15, -0.1) is 6.58 Å². The highest BCUT2D eigenvalue weighted by molar-refractivity contribution is 7.92. The van der Waals surface area contributed by atoms with Crippen LogP contribution in [0, 0.1) is 13.8 Å². The van der Waals surface area contributed by atoms with Crippen LogP contribution in [0.1, 0.15) is 16.7 Å². The summed E-state index contributed by atoms with van der Waals surface area (Å²) >= 11 is 0. The van der Waals surface area contributed by atoms with E-state index in [9.17, 15) is 8.42 Å². The molecule has 0 aromatic heterocycles. The van der Waals surface area contributed by atoms with Crippen molar-refractivity contribution in [3.8, 4) is 0 Å². The fourth-order valence-corrected chi connectivity index (χ4v) is 3.17. The lowest BCUT2D eigenvalue weighted by Gasteiger charge is -2.13. The van der Waals surface area contributed by atoms with Crippen LogP contribution in [0.3, 0.4) is 0 Å². The average Bonchev–Trinajstić information content (AvgIpc) is 2.42. The van der Waals surface area contributed by atoms with Crippen molar-refractivity contribution in [2.75, 3.05) is 4.72 Å². The molecule has 0 radical (unpaired) electrons. The summed E-state index contributed by atoms with van der Waals surface area (Å²) < 4.78 is 27.5. The van der Waals surface area contributed by atoms with Gasteiger partial charge in [-0.25, -0.2) is 8.42 Å². The Labute approximate surface area is 126 Å². The quantitative estimate of drug-likeness (QED) is 0.853. The van der Waals surface area contributed by atoms with Gasteiger partial charge in [-0.1, -0.05) is 41.5 Å². The molecule has 0 saturated heterocycles. The standard InChI is InChI=1S/C17H19NO2S/c1-4-5-15-12-14(3)8-11-17(15)18-21(19,20)16-9-6-13(2)7-10-16/h4,6-12,18H,1,5H2,2-3H3. The maximum absolute atomic E-state index is 12.4. The summed E-state index contributed by atoms with van der Waals surface area (Å²) in [5, 5.41) is 0. The SMILES string of the molecule is C=CCc1cc(C)ccc1NS(=O)(=O)c1ccc(C)cc1. The second-order valence-electron chi connectivity index (χ2n) is 5.07. The van der Waals surface area contributed by atoms with Crippen molar-refractivity contribution in [2.24, 2.45) is 0 Å². The zero-order valence-corrected chi connectivity index (χ0v) is 13.1. The number of anilines is 1. The molecule has 4 heteroatoms. The van der Waals surface area contributed by atoms with Crippen LogP contribution in [0.4, 0.5) is 5.69 Å². The Morgan fingerprint density at radius 2 is 1.67 bits per heavy atom. The minimum atomic E-state index is -3.57. The van der Waals surface area contributed by atoms with E-state index in [0.717, 1.165) is 16.7 Å². The maximum Gasteiger partial charge on any atom is 0.261 e. The third-order valence-corrected chi connectivity index (χ3v) is 4.58. The lowest BCUT2D eigenvalue weighted by molar-refractivity contribution is 0.601. The van der Waals surface area contributed by atoms with Crippen LogP contribution in [0.5, 0.6) is 0 Å². The third kappa shape index (κ3) is 3.73. The van der Waals surface area contributed by atoms with Crippen molar-refractivity contribution in [1.29, 1.82) is 0 Å². The van der Waals surface area contributed by atoms with Crippen LogP contribution in [0.2, 0.25) is 0 Å². The molecule has 0 aliphatic heterocycles. The molecule has 0 fully saturated rings. The topological polar surface area (TPSA) is 46.2 Å². The molecule has 2 rings (SSSR count). The van der Waals surface area contributed by atoms with E-state index < -0.39 is 10.0 Å². The Balaban J connectivity index is 2.36. The summed E-state index contributed by atoms with van der Waals surface area (Å²) in [5.41, 5.74) is 3.63. The first-order chi connectivity index (χ1) is 9.92. The molecule has 0 atom stereocenters. The van der Waals surface area contributed by atoms with Crippen molar-refractivity contribution in [3.63, 3.8) is 0 Å². The largest absolute Gasteiger partial charge is 0.279 e. The molecule has 0 aliphatic rings. The van der Waals surface area contributed by atoms with E-state index in [1.165, 1.54) is 0 Å². The first kappa shape index (κ1) is 15.3. The van der Waals surface area contributed by atoms with Gasteiger partial charge in [0.1, 0.15) is 0 Å². The normalized spacial score (nSPS) is 11.1. The fourth-order valence-electron chi connectivity index (χ4n) is 2.07. The second-order valence-corrected chi connectivity index (χ2v) is 6.75. The Bertz CT molecular complexity index is 747. The Kier molecular flexibility index (Phi) is 4.48. The summed E-state index contributed by atoms with van der Waals surface area (Å²) in [6.07, 6.45) is 2.38. The molecule has 0 bridgehead atoms. The van der Waals surface area contributed by atoms with E-state index in [2.05, 4.69) is 11.3 Å². The molecule has 0 amide bonds. The van der Waals surface area contributed by atoms with E-state index in [-0.39, 0.29) is 4.90 Å². The molecule has 0 spiro atoms. The number of aryl methyl sites for hydroxylation is 2. The minimum absolute atomic E-state index is 0.262.